The number of ether oxygens (including phenoxy) is 1. The number of hydrogen-bond donors (Lipinski definition) is 2. The molecule has 0 aromatic carbocycles. The van der Waals surface area contributed by atoms with E-state index in [1.165, 1.54) is 32.8 Å². The van der Waals surface area contributed by atoms with E-state index in [9.17, 15) is 9.59 Å². The summed E-state index contributed by atoms with van der Waals surface area (Å²) < 4.78 is 4.78. The fourth-order valence-electron chi connectivity index (χ4n) is 3.62. The Morgan fingerprint density at radius 3 is 2.65 bits per heavy atom. The van der Waals surface area contributed by atoms with Gasteiger partial charge in [0.25, 0.3) is 0 Å². The summed E-state index contributed by atoms with van der Waals surface area (Å²) in [6, 6.07) is -0.226. The number of amides is 2. The second-order valence-corrected chi connectivity index (χ2v) is 6.06. The zero-order chi connectivity index (χ0) is 14.7. The number of urea groups is 1. The summed E-state index contributed by atoms with van der Waals surface area (Å²) in [6.07, 6.45) is 4.22. The quantitative estimate of drug-likeness (QED) is 0.767. The molecule has 4 unspecified atom stereocenters. The Bertz CT molecular complexity index is 374. The Morgan fingerprint density at radius 2 is 2.15 bits per heavy atom. The molecule has 2 saturated carbocycles. The van der Waals surface area contributed by atoms with Crippen molar-refractivity contribution >= 4 is 12.0 Å². The monoisotopic (exact) mass is 284 g/mol. The Labute approximate surface area is 119 Å². The van der Waals surface area contributed by atoms with E-state index in [0.29, 0.717) is 5.92 Å². The van der Waals surface area contributed by atoms with Crippen LogP contribution in [-0.2, 0) is 9.53 Å². The van der Waals surface area contributed by atoms with Crippen molar-refractivity contribution in [3.05, 3.63) is 0 Å². The van der Waals surface area contributed by atoms with Crippen molar-refractivity contribution in [1.29, 1.82) is 0 Å². The maximum absolute atomic E-state index is 11.9. The van der Waals surface area contributed by atoms with Gasteiger partial charge in [-0.2, -0.15) is 0 Å². The summed E-state index contributed by atoms with van der Waals surface area (Å²) in [4.78, 5) is 24.4. The highest BCUT2D eigenvalue weighted by Crippen LogP contribution is 2.48. The van der Waals surface area contributed by atoms with Crippen LogP contribution >= 0.6 is 0 Å². The van der Waals surface area contributed by atoms with E-state index in [1.54, 1.807) is 11.9 Å². The molecule has 2 aliphatic carbocycles. The number of carboxylic acid groups (broad SMARTS) is 1. The number of aliphatic carboxylic acids is 1. The van der Waals surface area contributed by atoms with Gasteiger partial charge in [-0.25, -0.2) is 9.59 Å². The third kappa shape index (κ3) is 3.42. The Kier molecular flexibility index (Phi) is 4.86. The third-order valence-electron chi connectivity index (χ3n) is 4.74. The minimum absolute atomic E-state index is 0.00821. The zero-order valence-corrected chi connectivity index (χ0v) is 12.2. The standard InChI is InChI=1S/C14H24N2O4/c1-16(8-11-6-9-3-4-10(11)5-9)14(19)15-7-12(20-2)13(17)18/h9-12H,3-8H2,1-2H3,(H,15,19)(H,17,18). The molecule has 20 heavy (non-hydrogen) atoms. The molecule has 0 heterocycles. The van der Waals surface area contributed by atoms with Gasteiger partial charge in [0.15, 0.2) is 6.10 Å². The fraction of sp³-hybridized carbons (Fsp3) is 0.857. The lowest BCUT2D eigenvalue weighted by Gasteiger charge is -2.27. The Hall–Kier alpha value is -1.30. The normalized spacial score (nSPS) is 29.2. The number of carbonyl (C=O) groups excluding carboxylic acids is 1. The zero-order valence-electron chi connectivity index (χ0n) is 12.2. The smallest absolute Gasteiger partial charge is 0.334 e. The van der Waals surface area contributed by atoms with Gasteiger partial charge in [0.1, 0.15) is 0 Å². The van der Waals surface area contributed by atoms with Crippen LogP contribution in [0.2, 0.25) is 0 Å². The van der Waals surface area contributed by atoms with Crippen LogP contribution in [0.4, 0.5) is 4.79 Å². The van der Waals surface area contributed by atoms with Gasteiger partial charge in [0, 0.05) is 20.7 Å². The predicted octanol–water partition coefficient (Wildman–Crippen LogP) is 1.16. The molecule has 0 saturated heterocycles. The number of carbonyl (C=O) groups is 2. The second-order valence-electron chi connectivity index (χ2n) is 6.06. The number of hydrogen-bond acceptors (Lipinski definition) is 3. The number of nitrogens with one attached hydrogen (secondary N) is 1. The first kappa shape index (κ1) is 15.1. The molecule has 2 amide bonds. The van der Waals surface area contributed by atoms with Crippen molar-refractivity contribution in [3.63, 3.8) is 0 Å². The first-order valence-corrected chi connectivity index (χ1v) is 7.25. The molecule has 2 N–H and O–H groups in total. The van der Waals surface area contributed by atoms with Crippen molar-refractivity contribution < 1.29 is 19.4 Å². The number of rotatable bonds is 6. The van der Waals surface area contributed by atoms with Gasteiger partial charge in [0.2, 0.25) is 0 Å². The lowest BCUT2D eigenvalue weighted by molar-refractivity contribution is -0.148. The van der Waals surface area contributed by atoms with Crippen LogP contribution in [0.1, 0.15) is 25.7 Å². The summed E-state index contributed by atoms with van der Waals surface area (Å²) in [5, 5.41) is 11.5. The molecule has 2 bridgehead atoms. The molecule has 0 aromatic rings. The van der Waals surface area contributed by atoms with Gasteiger partial charge in [-0.05, 0) is 37.0 Å². The third-order valence-corrected chi connectivity index (χ3v) is 4.74. The van der Waals surface area contributed by atoms with Gasteiger partial charge < -0.3 is 20.1 Å². The molecular weight excluding hydrogens is 260 g/mol. The minimum Gasteiger partial charge on any atom is -0.479 e. The highest BCUT2D eigenvalue weighted by molar-refractivity contribution is 5.76. The van der Waals surface area contributed by atoms with E-state index >= 15 is 0 Å². The average Bonchev–Trinajstić information content (AvgIpc) is 3.00. The predicted molar refractivity (Wildman–Crippen MR) is 73.4 cm³/mol. The van der Waals surface area contributed by atoms with Crippen LogP contribution in [0.5, 0.6) is 0 Å². The van der Waals surface area contributed by atoms with Crippen LogP contribution in [0.3, 0.4) is 0 Å². The van der Waals surface area contributed by atoms with Crippen LogP contribution in [0, 0.1) is 17.8 Å². The molecule has 0 aromatic heterocycles. The van der Waals surface area contributed by atoms with Crippen molar-refractivity contribution in [3.8, 4) is 0 Å². The van der Waals surface area contributed by atoms with Crippen LogP contribution in [-0.4, -0.2) is 55.4 Å². The molecule has 6 nitrogen and oxygen atoms in total. The second kappa shape index (κ2) is 6.43. The largest absolute Gasteiger partial charge is 0.479 e. The summed E-state index contributed by atoms with van der Waals surface area (Å²) in [6.45, 7) is 0.753. The fourth-order valence-corrected chi connectivity index (χ4v) is 3.62. The maximum atomic E-state index is 11.9. The molecule has 4 atom stereocenters. The average molecular weight is 284 g/mol. The summed E-state index contributed by atoms with van der Waals surface area (Å²) >= 11 is 0. The SMILES string of the molecule is COC(CNC(=O)N(C)CC1CC2CCC1C2)C(=O)O. The molecule has 2 aliphatic rings. The molecule has 0 spiro atoms. The number of methoxy groups -OCH3 is 1. The van der Waals surface area contributed by atoms with Gasteiger partial charge in [-0.15, -0.1) is 0 Å². The maximum Gasteiger partial charge on any atom is 0.334 e. The molecule has 6 heteroatoms. The molecule has 114 valence electrons. The Morgan fingerprint density at radius 1 is 1.40 bits per heavy atom. The van der Waals surface area contributed by atoms with Crippen molar-refractivity contribution in [1.82, 2.24) is 10.2 Å². The van der Waals surface area contributed by atoms with Crippen molar-refractivity contribution in [2.24, 2.45) is 17.8 Å². The number of nitrogens with zero attached hydrogens (tertiary/aromatic N) is 1. The van der Waals surface area contributed by atoms with Crippen molar-refractivity contribution in [2.75, 3.05) is 27.2 Å². The Balaban J connectivity index is 1.73. The highest BCUT2D eigenvalue weighted by atomic mass is 16.5. The lowest BCUT2D eigenvalue weighted by atomic mass is 9.88. The first-order chi connectivity index (χ1) is 9.51. The molecule has 2 rings (SSSR count). The van der Waals surface area contributed by atoms with E-state index in [0.717, 1.165) is 18.4 Å². The van der Waals surface area contributed by atoms with Gasteiger partial charge in [-0.1, -0.05) is 6.42 Å². The minimum atomic E-state index is -1.07. The van der Waals surface area contributed by atoms with E-state index in [4.69, 9.17) is 9.84 Å². The van der Waals surface area contributed by atoms with E-state index in [1.807, 2.05) is 0 Å². The van der Waals surface area contributed by atoms with Gasteiger partial charge >= 0.3 is 12.0 Å². The lowest BCUT2D eigenvalue weighted by Crippen LogP contribution is -2.45. The van der Waals surface area contributed by atoms with Crippen LogP contribution in [0.15, 0.2) is 0 Å². The number of carboxylic acids is 1. The van der Waals surface area contributed by atoms with Gasteiger partial charge in [-0.3, -0.25) is 0 Å². The molecule has 0 radical (unpaired) electrons. The topological polar surface area (TPSA) is 78.9 Å². The molecule has 0 aliphatic heterocycles. The first-order valence-electron chi connectivity index (χ1n) is 7.25. The van der Waals surface area contributed by atoms with Crippen LogP contribution in [0.25, 0.3) is 0 Å². The number of fused-ring (bicyclic) bond motifs is 2. The van der Waals surface area contributed by atoms with Crippen molar-refractivity contribution in [2.45, 2.75) is 31.8 Å². The summed E-state index contributed by atoms with van der Waals surface area (Å²) in [7, 11) is 3.09. The summed E-state index contributed by atoms with van der Waals surface area (Å²) in [5.74, 6) is 1.19. The van der Waals surface area contributed by atoms with Gasteiger partial charge in [0.05, 0.1) is 6.54 Å². The van der Waals surface area contributed by atoms with Crippen LogP contribution < -0.4 is 5.32 Å². The van der Waals surface area contributed by atoms with E-state index in [2.05, 4.69) is 5.32 Å². The molecular formula is C14H24N2O4. The summed E-state index contributed by atoms with van der Waals surface area (Å²) in [5.41, 5.74) is 0. The van der Waals surface area contributed by atoms with E-state index < -0.39 is 12.1 Å². The molecule has 2 fully saturated rings. The van der Waals surface area contributed by atoms with E-state index in [-0.39, 0.29) is 12.6 Å². The highest BCUT2D eigenvalue weighted by Gasteiger charge is 2.40.